The van der Waals surface area contributed by atoms with E-state index in [0.717, 1.165) is 0 Å². The lowest BCUT2D eigenvalue weighted by atomic mass is 10.0. The van der Waals surface area contributed by atoms with Crippen molar-refractivity contribution in [3.8, 4) is 0 Å². The normalized spacial score (nSPS) is 20.2. The van der Waals surface area contributed by atoms with Crippen molar-refractivity contribution in [1.82, 2.24) is 5.32 Å². The first-order valence-corrected chi connectivity index (χ1v) is 5.10. The molecule has 1 unspecified atom stereocenters. The summed E-state index contributed by atoms with van der Waals surface area (Å²) in [5.74, 6) is -0.742. The standard InChI is InChI=1S/C9H19NO7/c1-4(12)9(17)10-2-5(13)7(15)8(16)6(14)3-11/h4-8,11-16H,2-3H2,1H3,(H,10,17)/t4?,5-,6+,7+,8+/m0/s1. The number of carbonyl (C=O) groups excluding carboxylic acids is 1. The van der Waals surface area contributed by atoms with Crippen LogP contribution in [0.5, 0.6) is 0 Å². The Morgan fingerprint density at radius 3 is 1.94 bits per heavy atom. The SMILES string of the molecule is CC(O)C(=O)NC[C@H](O)[C@@H](O)[C@H](O)[C@H](O)CO. The first kappa shape index (κ1) is 16.2. The van der Waals surface area contributed by atoms with E-state index in [9.17, 15) is 20.1 Å². The molecule has 17 heavy (non-hydrogen) atoms. The molecule has 0 aromatic rings. The molecule has 0 aliphatic carbocycles. The summed E-state index contributed by atoms with van der Waals surface area (Å²) in [6.07, 6.45) is -7.85. The molecule has 0 saturated heterocycles. The zero-order valence-corrected chi connectivity index (χ0v) is 9.39. The summed E-state index contributed by atoms with van der Waals surface area (Å²) in [5.41, 5.74) is 0. The van der Waals surface area contributed by atoms with Crippen molar-refractivity contribution in [3.63, 3.8) is 0 Å². The van der Waals surface area contributed by atoms with Crippen LogP contribution in [-0.4, -0.2) is 80.2 Å². The van der Waals surface area contributed by atoms with E-state index in [-0.39, 0.29) is 0 Å². The number of amides is 1. The van der Waals surface area contributed by atoms with Gasteiger partial charge in [0.05, 0.1) is 12.7 Å². The fourth-order valence-electron chi connectivity index (χ4n) is 1.04. The first-order valence-electron chi connectivity index (χ1n) is 5.10. The predicted molar refractivity (Wildman–Crippen MR) is 55.8 cm³/mol. The van der Waals surface area contributed by atoms with Crippen molar-refractivity contribution in [2.45, 2.75) is 37.4 Å². The molecule has 0 aliphatic rings. The third kappa shape index (κ3) is 5.39. The number of hydrogen-bond acceptors (Lipinski definition) is 7. The highest BCUT2D eigenvalue weighted by atomic mass is 16.4. The Hall–Kier alpha value is -0.770. The van der Waals surface area contributed by atoms with E-state index >= 15 is 0 Å². The molecule has 0 saturated carbocycles. The maximum Gasteiger partial charge on any atom is 0.248 e. The van der Waals surface area contributed by atoms with E-state index in [4.69, 9.17) is 15.3 Å². The average Bonchev–Trinajstić information content (AvgIpc) is 2.32. The van der Waals surface area contributed by atoms with Crippen LogP contribution < -0.4 is 5.32 Å². The van der Waals surface area contributed by atoms with Crippen LogP contribution in [0.1, 0.15) is 6.92 Å². The Morgan fingerprint density at radius 1 is 1.06 bits per heavy atom. The molecule has 0 rings (SSSR count). The summed E-state index contributed by atoms with van der Waals surface area (Å²) in [5, 5.41) is 56.5. The Labute approximate surface area is 98.1 Å². The summed E-state index contributed by atoms with van der Waals surface area (Å²) in [6, 6.07) is 0. The van der Waals surface area contributed by atoms with Crippen molar-refractivity contribution in [2.24, 2.45) is 0 Å². The molecule has 8 heteroatoms. The molecule has 0 aromatic heterocycles. The minimum absolute atomic E-state index is 0.403. The topological polar surface area (TPSA) is 150 Å². The van der Waals surface area contributed by atoms with Crippen LogP contribution in [0.2, 0.25) is 0 Å². The Kier molecular flexibility index (Phi) is 7.19. The molecular formula is C9H19NO7. The van der Waals surface area contributed by atoms with Crippen molar-refractivity contribution >= 4 is 5.91 Å². The molecule has 0 heterocycles. The van der Waals surface area contributed by atoms with Crippen LogP contribution in [0.4, 0.5) is 0 Å². The van der Waals surface area contributed by atoms with Crippen LogP contribution in [0.3, 0.4) is 0 Å². The first-order chi connectivity index (χ1) is 7.81. The number of rotatable bonds is 7. The lowest BCUT2D eigenvalue weighted by Gasteiger charge is -2.25. The van der Waals surface area contributed by atoms with Gasteiger partial charge in [-0.05, 0) is 6.92 Å². The van der Waals surface area contributed by atoms with Gasteiger partial charge < -0.3 is 36.0 Å². The average molecular weight is 253 g/mol. The molecule has 0 radical (unpaired) electrons. The van der Waals surface area contributed by atoms with Crippen molar-refractivity contribution in [3.05, 3.63) is 0 Å². The highest BCUT2D eigenvalue weighted by Crippen LogP contribution is 2.04. The van der Waals surface area contributed by atoms with Crippen molar-refractivity contribution < 1.29 is 35.4 Å². The number of hydrogen-bond donors (Lipinski definition) is 7. The summed E-state index contributed by atoms with van der Waals surface area (Å²) < 4.78 is 0. The largest absolute Gasteiger partial charge is 0.394 e. The lowest BCUT2D eigenvalue weighted by Crippen LogP contribution is -2.50. The van der Waals surface area contributed by atoms with E-state index in [1.54, 1.807) is 0 Å². The predicted octanol–water partition coefficient (Wildman–Crippen LogP) is -4.08. The van der Waals surface area contributed by atoms with Crippen molar-refractivity contribution in [1.29, 1.82) is 0 Å². The quantitative estimate of drug-likeness (QED) is 0.244. The Morgan fingerprint density at radius 2 is 1.53 bits per heavy atom. The van der Waals surface area contributed by atoms with Gasteiger partial charge >= 0.3 is 0 Å². The summed E-state index contributed by atoms with van der Waals surface area (Å²) in [6.45, 7) is 0.0492. The highest BCUT2D eigenvalue weighted by molar-refractivity contribution is 5.79. The van der Waals surface area contributed by atoms with Crippen LogP contribution >= 0.6 is 0 Å². The number of carbonyl (C=O) groups is 1. The smallest absolute Gasteiger partial charge is 0.248 e. The van der Waals surface area contributed by atoms with Gasteiger partial charge in [0.1, 0.15) is 24.4 Å². The Bertz CT molecular complexity index is 235. The van der Waals surface area contributed by atoms with E-state index in [2.05, 4.69) is 5.32 Å². The second-order valence-corrected chi connectivity index (χ2v) is 3.72. The minimum Gasteiger partial charge on any atom is -0.394 e. The monoisotopic (exact) mass is 253 g/mol. The van der Waals surface area contributed by atoms with Gasteiger partial charge in [-0.15, -0.1) is 0 Å². The van der Waals surface area contributed by atoms with Gasteiger partial charge in [0.15, 0.2) is 0 Å². The zero-order valence-electron chi connectivity index (χ0n) is 9.39. The van der Waals surface area contributed by atoms with Gasteiger partial charge in [0.25, 0.3) is 0 Å². The van der Waals surface area contributed by atoms with Crippen LogP contribution in [0.25, 0.3) is 0 Å². The third-order valence-electron chi connectivity index (χ3n) is 2.19. The van der Waals surface area contributed by atoms with Crippen molar-refractivity contribution in [2.75, 3.05) is 13.2 Å². The molecule has 7 N–H and O–H groups in total. The lowest BCUT2D eigenvalue weighted by molar-refractivity contribution is -0.132. The maximum atomic E-state index is 10.9. The van der Waals surface area contributed by atoms with Gasteiger partial charge in [-0.3, -0.25) is 4.79 Å². The minimum atomic E-state index is -1.74. The number of aliphatic hydroxyl groups is 6. The van der Waals surface area contributed by atoms with E-state index in [1.165, 1.54) is 6.92 Å². The molecule has 102 valence electrons. The molecule has 0 aliphatic heterocycles. The summed E-state index contributed by atoms with van der Waals surface area (Å²) in [4.78, 5) is 10.9. The number of aliphatic hydroxyl groups excluding tert-OH is 6. The zero-order chi connectivity index (χ0) is 13.6. The molecule has 5 atom stereocenters. The molecule has 0 fully saturated rings. The van der Waals surface area contributed by atoms with Gasteiger partial charge in [-0.1, -0.05) is 0 Å². The maximum absolute atomic E-state index is 10.9. The Balaban J connectivity index is 4.13. The van der Waals surface area contributed by atoms with Gasteiger partial charge in [0.2, 0.25) is 5.91 Å². The van der Waals surface area contributed by atoms with Gasteiger partial charge in [-0.25, -0.2) is 0 Å². The highest BCUT2D eigenvalue weighted by Gasteiger charge is 2.30. The molecular weight excluding hydrogens is 234 g/mol. The van der Waals surface area contributed by atoms with Crippen LogP contribution in [-0.2, 0) is 4.79 Å². The van der Waals surface area contributed by atoms with E-state index < -0.39 is 49.6 Å². The fraction of sp³-hybridized carbons (Fsp3) is 0.889. The molecule has 8 nitrogen and oxygen atoms in total. The second-order valence-electron chi connectivity index (χ2n) is 3.72. The van der Waals surface area contributed by atoms with Gasteiger partial charge in [-0.2, -0.15) is 0 Å². The summed E-state index contributed by atoms with van der Waals surface area (Å²) >= 11 is 0. The molecule has 1 amide bonds. The number of nitrogens with one attached hydrogen (secondary N) is 1. The van der Waals surface area contributed by atoms with E-state index in [0.29, 0.717) is 0 Å². The molecule has 0 spiro atoms. The van der Waals surface area contributed by atoms with Crippen LogP contribution in [0, 0.1) is 0 Å². The van der Waals surface area contributed by atoms with Gasteiger partial charge in [0, 0.05) is 6.54 Å². The summed E-state index contributed by atoms with van der Waals surface area (Å²) in [7, 11) is 0. The fourth-order valence-corrected chi connectivity index (χ4v) is 1.04. The molecule has 0 bridgehead atoms. The molecule has 0 aromatic carbocycles. The second kappa shape index (κ2) is 7.54. The van der Waals surface area contributed by atoms with E-state index in [1.807, 2.05) is 0 Å². The van der Waals surface area contributed by atoms with Crippen LogP contribution in [0.15, 0.2) is 0 Å². The third-order valence-corrected chi connectivity index (χ3v) is 2.19.